The minimum Gasteiger partial charge on any atom is -0.475 e. The van der Waals surface area contributed by atoms with E-state index in [1.54, 1.807) is 41.6 Å². The van der Waals surface area contributed by atoms with Crippen LogP contribution in [0.1, 0.15) is 24.2 Å². The molecule has 4 heterocycles. The van der Waals surface area contributed by atoms with Crippen LogP contribution < -0.4 is 10.1 Å². The minimum absolute atomic E-state index is 0.0226. The molecule has 0 aromatic carbocycles. The average molecular weight is 388 g/mol. The van der Waals surface area contributed by atoms with Gasteiger partial charge in [0.2, 0.25) is 5.88 Å². The summed E-state index contributed by atoms with van der Waals surface area (Å²) in [7, 11) is 1.86. The van der Waals surface area contributed by atoms with Crippen molar-refractivity contribution in [1.82, 2.24) is 24.7 Å². The highest BCUT2D eigenvalue weighted by molar-refractivity contribution is 6.04. The van der Waals surface area contributed by atoms with Crippen molar-refractivity contribution in [2.45, 2.75) is 20.0 Å². The Balaban J connectivity index is 1.58. The Hall–Kier alpha value is -3.81. The van der Waals surface area contributed by atoms with Gasteiger partial charge in [0.25, 0.3) is 5.91 Å². The fourth-order valence-corrected chi connectivity index (χ4v) is 2.86. The number of amides is 1. The molecule has 0 fully saturated rings. The summed E-state index contributed by atoms with van der Waals surface area (Å²) in [6.07, 6.45) is 8.63. The summed E-state index contributed by atoms with van der Waals surface area (Å²) in [6.45, 7) is 3.81. The summed E-state index contributed by atoms with van der Waals surface area (Å²) >= 11 is 0. The molecule has 4 aromatic rings. The summed E-state index contributed by atoms with van der Waals surface area (Å²) in [4.78, 5) is 25.5. The van der Waals surface area contributed by atoms with Crippen molar-refractivity contribution in [3.63, 3.8) is 0 Å². The van der Waals surface area contributed by atoms with Crippen molar-refractivity contribution in [2.75, 3.05) is 5.32 Å². The molecule has 0 spiro atoms. The number of nitrogens with one attached hydrogen (secondary N) is 1. The van der Waals surface area contributed by atoms with E-state index in [0.29, 0.717) is 17.3 Å². The largest absolute Gasteiger partial charge is 0.475 e. The summed E-state index contributed by atoms with van der Waals surface area (Å²) in [6, 6.07) is 7.01. The zero-order valence-corrected chi connectivity index (χ0v) is 16.3. The Morgan fingerprint density at radius 1 is 1.07 bits per heavy atom. The third kappa shape index (κ3) is 4.21. The molecule has 0 saturated carbocycles. The number of ether oxygens (including phenoxy) is 1. The lowest BCUT2D eigenvalue weighted by atomic mass is 10.1. The minimum atomic E-state index is -0.283. The molecule has 0 atom stereocenters. The van der Waals surface area contributed by atoms with E-state index in [9.17, 15) is 4.79 Å². The normalized spacial score (nSPS) is 11.0. The topological polar surface area (TPSA) is 94.8 Å². The van der Waals surface area contributed by atoms with Crippen molar-refractivity contribution in [2.24, 2.45) is 7.05 Å². The molecule has 29 heavy (non-hydrogen) atoms. The summed E-state index contributed by atoms with van der Waals surface area (Å²) in [5.74, 6) is 0.578. The molecule has 0 aliphatic rings. The van der Waals surface area contributed by atoms with Crippen LogP contribution in [0, 0.1) is 0 Å². The van der Waals surface area contributed by atoms with Gasteiger partial charge in [0.05, 0.1) is 18.0 Å². The zero-order valence-electron chi connectivity index (χ0n) is 16.3. The summed E-state index contributed by atoms with van der Waals surface area (Å²) in [5, 5.41) is 8.81. The standard InChI is InChI=1S/C21H20N6O2/c1-13(2)29-20-8-14(4-5-22-20)21(28)26-19-7-15-6-18(17-11-25-27(3)12-17)23-9-16(15)10-24-19/h4-13H,1-3H3,(H,24,26,28). The van der Waals surface area contributed by atoms with E-state index >= 15 is 0 Å². The second-order valence-corrected chi connectivity index (χ2v) is 6.89. The number of pyridine rings is 3. The Bertz CT molecular complexity index is 1180. The van der Waals surface area contributed by atoms with Crippen LogP contribution in [-0.4, -0.2) is 36.7 Å². The van der Waals surface area contributed by atoms with Crippen LogP contribution in [0.4, 0.5) is 5.82 Å². The molecule has 0 radical (unpaired) electrons. The second kappa shape index (κ2) is 7.67. The molecule has 0 bridgehead atoms. The molecule has 1 amide bonds. The van der Waals surface area contributed by atoms with Gasteiger partial charge in [-0.25, -0.2) is 9.97 Å². The maximum absolute atomic E-state index is 12.6. The highest BCUT2D eigenvalue weighted by Gasteiger charge is 2.11. The molecule has 0 saturated heterocycles. The molecule has 8 heteroatoms. The van der Waals surface area contributed by atoms with Gasteiger partial charge in [-0.1, -0.05) is 0 Å². The lowest BCUT2D eigenvalue weighted by Crippen LogP contribution is -2.14. The van der Waals surface area contributed by atoms with E-state index in [2.05, 4.69) is 25.4 Å². The lowest BCUT2D eigenvalue weighted by Gasteiger charge is -2.10. The van der Waals surface area contributed by atoms with Crippen LogP contribution in [0.15, 0.2) is 55.2 Å². The first kappa shape index (κ1) is 18.5. The Morgan fingerprint density at radius 3 is 2.66 bits per heavy atom. The predicted octanol–water partition coefficient (Wildman–Crippen LogP) is 3.46. The van der Waals surface area contributed by atoms with Crippen molar-refractivity contribution in [1.29, 1.82) is 0 Å². The number of anilines is 1. The second-order valence-electron chi connectivity index (χ2n) is 6.89. The van der Waals surface area contributed by atoms with Crippen LogP contribution in [0.25, 0.3) is 22.0 Å². The fraction of sp³-hybridized carbons (Fsp3) is 0.190. The number of carbonyl (C=O) groups excluding carboxylic acids is 1. The monoisotopic (exact) mass is 388 g/mol. The SMILES string of the molecule is CC(C)Oc1cc(C(=O)Nc2cc3cc(-c4cnn(C)c4)ncc3cn2)ccn1. The molecule has 0 unspecified atom stereocenters. The predicted molar refractivity (Wildman–Crippen MR) is 110 cm³/mol. The van der Waals surface area contributed by atoms with Crippen LogP contribution in [0.2, 0.25) is 0 Å². The number of aryl methyl sites for hydroxylation is 1. The molecule has 4 rings (SSSR count). The highest BCUT2D eigenvalue weighted by atomic mass is 16.5. The van der Waals surface area contributed by atoms with Crippen LogP contribution in [-0.2, 0) is 7.05 Å². The highest BCUT2D eigenvalue weighted by Crippen LogP contribution is 2.23. The Kier molecular flexibility index (Phi) is 4.90. The molecule has 8 nitrogen and oxygen atoms in total. The first-order valence-electron chi connectivity index (χ1n) is 9.17. The number of nitrogens with zero attached hydrogens (tertiary/aromatic N) is 5. The van der Waals surface area contributed by atoms with Gasteiger partial charge in [0, 0.05) is 54.4 Å². The zero-order chi connectivity index (χ0) is 20.4. The van der Waals surface area contributed by atoms with E-state index in [0.717, 1.165) is 22.0 Å². The third-order valence-corrected chi connectivity index (χ3v) is 4.20. The van der Waals surface area contributed by atoms with Gasteiger partial charge in [-0.05, 0) is 37.4 Å². The van der Waals surface area contributed by atoms with Crippen molar-refractivity contribution in [3.05, 3.63) is 60.8 Å². The molecule has 146 valence electrons. The van der Waals surface area contributed by atoms with Gasteiger partial charge < -0.3 is 10.1 Å². The molecule has 0 aliphatic heterocycles. The molecular weight excluding hydrogens is 368 g/mol. The summed E-state index contributed by atoms with van der Waals surface area (Å²) in [5.41, 5.74) is 2.17. The van der Waals surface area contributed by atoms with Crippen molar-refractivity contribution >= 4 is 22.5 Å². The lowest BCUT2D eigenvalue weighted by molar-refractivity contribution is 0.102. The van der Waals surface area contributed by atoms with Gasteiger partial charge in [-0.3, -0.25) is 14.5 Å². The van der Waals surface area contributed by atoms with E-state index in [4.69, 9.17) is 4.74 Å². The van der Waals surface area contributed by atoms with Crippen LogP contribution in [0.3, 0.4) is 0 Å². The Labute approximate surface area is 167 Å². The van der Waals surface area contributed by atoms with E-state index in [1.807, 2.05) is 39.2 Å². The van der Waals surface area contributed by atoms with Gasteiger partial charge in [0.15, 0.2) is 0 Å². The number of rotatable bonds is 5. The average Bonchev–Trinajstić information content (AvgIpc) is 3.13. The maximum atomic E-state index is 12.6. The van der Waals surface area contributed by atoms with Crippen molar-refractivity contribution in [3.8, 4) is 17.1 Å². The van der Waals surface area contributed by atoms with Gasteiger partial charge in [-0.2, -0.15) is 5.10 Å². The molecular formula is C21H20N6O2. The Morgan fingerprint density at radius 2 is 1.90 bits per heavy atom. The van der Waals surface area contributed by atoms with E-state index in [-0.39, 0.29) is 12.0 Å². The fourth-order valence-electron chi connectivity index (χ4n) is 2.86. The summed E-state index contributed by atoms with van der Waals surface area (Å²) < 4.78 is 7.28. The van der Waals surface area contributed by atoms with E-state index in [1.165, 1.54) is 0 Å². The molecule has 4 aromatic heterocycles. The number of hydrogen-bond acceptors (Lipinski definition) is 6. The van der Waals surface area contributed by atoms with E-state index < -0.39 is 0 Å². The first-order chi connectivity index (χ1) is 14.0. The number of hydrogen-bond donors (Lipinski definition) is 1. The van der Waals surface area contributed by atoms with Gasteiger partial charge in [-0.15, -0.1) is 0 Å². The molecule has 1 N–H and O–H groups in total. The smallest absolute Gasteiger partial charge is 0.257 e. The third-order valence-electron chi connectivity index (χ3n) is 4.20. The quantitative estimate of drug-likeness (QED) is 0.563. The number of aromatic nitrogens is 5. The van der Waals surface area contributed by atoms with Crippen molar-refractivity contribution < 1.29 is 9.53 Å². The van der Waals surface area contributed by atoms with Crippen LogP contribution in [0.5, 0.6) is 5.88 Å². The van der Waals surface area contributed by atoms with Gasteiger partial charge in [0.1, 0.15) is 5.82 Å². The maximum Gasteiger partial charge on any atom is 0.257 e. The number of carbonyl (C=O) groups is 1. The number of fused-ring (bicyclic) bond motifs is 1. The van der Waals surface area contributed by atoms with Gasteiger partial charge >= 0.3 is 0 Å². The molecule has 0 aliphatic carbocycles. The van der Waals surface area contributed by atoms with Crippen LogP contribution >= 0.6 is 0 Å². The first-order valence-corrected chi connectivity index (χ1v) is 9.17.